The SMILES string of the molecule is CN(C)c1c(Cl)ccc2c(=O)c3ccc(-c4ccn(C(=O)OC(C)(C)C)c4)cc3n(C)c12. The van der Waals surface area contributed by atoms with E-state index in [2.05, 4.69) is 0 Å². The second-order valence-corrected chi connectivity index (χ2v) is 9.50. The third-order valence-corrected chi connectivity index (χ3v) is 5.67. The first-order valence-electron chi connectivity index (χ1n) is 10.3. The highest BCUT2D eigenvalue weighted by atomic mass is 35.5. The molecule has 6 nitrogen and oxygen atoms in total. The van der Waals surface area contributed by atoms with Crippen LogP contribution < -0.4 is 10.3 Å². The smallest absolute Gasteiger partial charge is 0.418 e. The molecule has 0 aliphatic heterocycles. The van der Waals surface area contributed by atoms with E-state index in [0.717, 1.165) is 27.8 Å². The normalized spacial score (nSPS) is 11.8. The van der Waals surface area contributed by atoms with Gasteiger partial charge in [0.1, 0.15) is 5.60 Å². The van der Waals surface area contributed by atoms with Gasteiger partial charge in [-0.15, -0.1) is 0 Å². The van der Waals surface area contributed by atoms with Gasteiger partial charge in [-0.2, -0.15) is 0 Å². The van der Waals surface area contributed by atoms with E-state index in [4.69, 9.17) is 16.3 Å². The van der Waals surface area contributed by atoms with Crippen LogP contribution in [0.1, 0.15) is 20.8 Å². The predicted octanol–water partition coefficient (Wildman–Crippen LogP) is 5.66. The van der Waals surface area contributed by atoms with E-state index in [0.29, 0.717) is 15.8 Å². The summed E-state index contributed by atoms with van der Waals surface area (Å²) >= 11 is 6.48. The molecular formula is C25H26ClN3O3. The lowest BCUT2D eigenvalue weighted by atomic mass is 10.0. The molecule has 0 atom stereocenters. The average molecular weight is 452 g/mol. The number of ether oxygens (including phenoxy) is 1. The molecule has 7 heteroatoms. The molecule has 0 amide bonds. The molecule has 4 aromatic rings. The van der Waals surface area contributed by atoms with Crippen molar-refractivity contribution < 1.29 is 9.53 Å². The highest BCUT2D eigenvalue weighted by molar-refractivity contribution is 6.35. The van der Waals surface area contributed by atoms with Gasteiger partial charge in [-0.1, -0.05) is 17.7 Å². The van der Waals surface area contributed by atoms with E-state index in [9.17, 15) is 9.59 Å². The Kier molecular flexibility index (Phi) is 5.29. The number of aryl methyl sites for hydroxylation is 1. The van der Waals surface area contributed by atoms with E-state index in [-0.39, 0.29) is 5.43 Å². The molecule has 0 unspecified atom stereocenters. The number of fused-ring (bicyclic) bond motifs is 2. The van der Waals surface area contributed by atoms with Gasteiger partial charge in [0.15, 0.2) is 5.43 Å². The summed E-state index contributed by atoms with van der Waals surface area (Å²) in [5, 5.41) is 1.83. The quantitative estimate of drug-likeness (QED) is 0.369. The van der Waals surface area contributed by atoms with Crippen molar-refractivity contribution in [1.29, 1.82) is 0 Å². The monoisotopic (exact) mass is 451 g/mol. The highest BCUT2D eigenvalue weighted by Gasteiger charge is 2.19. The number of rotatable bonds is 2. The fourth-order valence-electron chi connectivity index (χ4n) is 3.94. The van der Waals surface area contributed by atoms with Gasteiger partial charge in [0, 0.05) is 49.9 Å². The fourth-order valence-corrected chi connectivity index (χ4v) is 4.27. The van der Waals surface area contributed by atoms with Crippen LogP contribution in [-0.2, 0) is 11.8 Å². The first-order valence-corrected chi connectivity index (χ1v) is 10.7. The summed E-state index contributed by atoms with van der Waals surface area (Å²) in [7, 11) is 5.75. The zero-order valence-electron chi connectivity index (χ0n) is 19.1. The second-order valence-electron chi connectivity index (χ2n) is 9.09. The Balaban J connectivity index is 1.89. The second kappa shape index (κ2) is 7.71. The molecule has 0 fully saturated rings. The Labute approximate surface area is 191 Å². The zero-order chi connectivity index (χ0) is 23.4. The molecule has 0 N–H and O–H groups in total. The molecular weight excluding hydrogens is 426 g/mol. The molecule has 2 aromatic heterocycles. The Morgan fingerprint density at radius 1 is 1.03 bits per heavy atom. The number of benzene rings is 2. The number of nitrogens with zero attached hydrogens (tertiary/aromatic N) is 3. The number of halogens is 1. The van der Waals surface area contributed by atoms with Crippen LogP contribution in [0.4, 0.5) is 10.5 Å². The van der Waals surface area contributed by atoms with Gasteiger partial charge in [0.2, 0.25) is 0 Å². The summed E-state index contributed by atoms with van der Waals surface area (Å²) in [6.45, 7) is 5.49. The predicted molar refractivity (Wildman–Crippen MR) is 131 cm³/mol. The van der Waals surface area contributed by atoms with Gasteiger partial charge in [-0.05, 0) is 56.7 Å². The summed E-state index contributed by atoms with van der Waals surface area (Å²) in [4.78, 5) is 27.6. The van der Waals surface area contributed by atoms with Crippen LogP contribution >= 0.6 is 11.6 Å². The van der Waals surface area contributed by atoms with E-state index < -0.39 is 11.7 Å². The summed E-state index contributed by atoms with van der Waals surface area (Å²) < 4.78 is 8.86. The van der Waals surface area contributed by atoms with E-state index in [1.807, 2.05) is 75.6 Å². The van der Waals surface area contributed by atoms with E-state index in [1.54, 1.807) is 24.5 Å². The van der Waals surface area contributed by atoms with Crippen LogP contribution in [0, 0.1) is 0 Å². The number of hydrogen-bond acceptors (Lipinski definition) is 4. The first-order chi connectivity index (χ1) is 15.0. The third-order valence-electron chi connectivity index (χ3n) is 5.36. The number of aromatic nitrogens is 2. The van der Waals surface area contributed by atoms with E-state index >= 15 is 0 Å². The van der Waals surface area contributed by atoms with E-state index in [1.165, 1.54) is 4.57 Å². The van der Waals surface area contributed by atoms with Crippen LogP contribution in [-0.4, -0.2) is 34.9 Å². The maximum Gasteiger partial charge on any atom is 0.418 e. The summed E-state index contributed by atoms with van der Waals surface area (Å²) in [6, 6.07) is 11.1. The van der Waals surface area contributed by atoms with Gasteiger partial charge < -0.3 is 14.2 Å². The average Bonchev–Trinajstić information content (AvgIpc) is 3.20. The minimum atomic E-state index is -0.574. The van der Waals surface area contributed by atoms with Crippen molar-refractivity contribution in [2.24, 2.45) is 7.05 Å². The minimum absolute atomic E-state index is 0.0364. The number of pyridine rings is 1. The lowest BCUT2D eigenvalue weighted by Gasteiger charge is -2.21. The molecule has 0 aliphatic rings. The third kappa shape index (κ3) is 3.75. The Hall–Kier alpha value is -3.25. The summed E-state index contributed by atoms with van der Waals surface area (Å²) in [6.07, 6.45) is 2.97. The molecule has 0 aliphatic carbocycles. The van der Waals surface area contributed by atoms with Gasteiger partial charge in [-0.25, -0.2) is 4.79 Å². The van der Waals surface area contributed by atoms with Crippen LogP contribution in [0.5, 0.6) is 0 Å². The Morgan fingerprint density at radius 2 is 1.72 bits per heavy atom. The molecule has 166 valence electrons. The molecule has 0 bridgehead atoms. The lowest BCUT2D eigenvalue weighted by molar-refractivity contribution is 0.0537. The standard InChI is InChI=1S/C25H26ClN3O3/c1-25(2,3)32-24(31)29-12-11-16(14-29)15-7-8-17-20(13-15)28(6)21-18(23(17)30)9-10-19(26)22(21)27(4)5/h7-14H,1-6H3. The number of carbonyl (C=O) groups is 1. The van der Waals surface area contributed by atoms with Gasteiger partial charge in [-0.3, -0.25) is 9.36 Å². The van der Waals surface area contributed by atoms with Crippen molar-refractivity contribution in [3.05, 3.63) is 64.0 Å². The maximum atomic E-state index is 13.3. The topological polar surface area (TPSA) is 56.5 Å². The largest absolute Gasteiger partial charge is 0.443 e. The van der Waals surface area contributed by atoms with Gasteiger partial charge in [0.05, 0.1) is 21.7 Å². The Morgan fingerprint density at radius 3 is 2.38 bits per heavy atom. The van der Waals surface area contributed by atoms with Crippen molar-refractivity contribution in [3.8, 4) is 11.1 Å². The van der Waals surface area contributed by atoms with Crippen LogP contribution in [0.3, 0.4) is 0 Å². The molecule has 0 spiro atoms. The van der Waals surface area contributed by atoms with Crippen molar-refractivity contribution >= 4 is 45.2 Å². The number of hydrogen-bond donors (Lipinski definition) is 0. The number of anilines is 1. The number of carbonyl (C=O) groups excluding carboxylic acids is 1. The van der Waals surface area contributed by atoms with Crippen molar-refractivity contribution in [2.75, 3.05) is 19.0 Å². The van der Waals surface area contributed by atoms with Crippen LogP contribution in [0.25, 0.3) is 32.9 Å². The molecule has 32 heavy (non-hydrogen) atoms. The summed E-state index contributed by atoms with van der Waals surface area (Å²) in [5.41, 5.74) is 3.50. The van der Waals surface area contributed by atoms with Crippen molar-refractivity contribution in [2.45, 2.75) is 26.4 Å². The molecule has 4 rings (SSSR count). The maximum absolute atomic E-state index is 13.3. The fraction of sp³-hybridized carbons (Fsp3) is 0.280. The summed E-state index contributed by atoms with van der Waals surface area (Å²) in [5.74, 6) is 0. The first kappa shape index (κ1) is 22.0. The van der Waals surface area contributed by atoms with Gasteiger partial charge >= 0.3 is 6.09 Å². The molecule has 0 saturated carbocycles. The zero-order valence-corrected chi connectivity index (χ0v) is 19.8. The molecule has 2 heterocycles. The molecule has 0 radical (unpaired) electrons. The molecule has 0 saturated heterocycles. The lowest BCUT2D eigenvalue weighted by Crippen LogP contribution is -2.26. The van der Waals surface area contributed by atoms with Crippen molar-refractivity contribution in [1.82, 2.24) is 9.13 Å². The minimum Gasteiger partial charge on any atom is -0.443 e. The van der Waals surface area contributed by atoms with Crippen LogP contribution in [0.2, 0.25) is 5.02 Å². The molecule has 2 aromatic carbocycles. The highest BCUT2D eigenvalue weighted by Crippen LogP contribution is 2.34. The van der Waals surface area contributed by atoms with Crippen molar-refractivity contribution in [3.63, 3.8) is 0 Å². The van der Waals surface area contributed by atoms with Gasteiger partial charge in [0.25, 0.3) is 0 Å². The van der Waals surface area contributed by atoms with Crippen LogP contribution in [0.15, 0.2) is 53.6 Å². The Bertz CT molecular complexity index is 1420.